The molecule has 1 aromatic rings. The van der Waals surface area contributed by atoms with E-state index in [0.29, 0.717) is 8.73 Å². The van der Waals surface area contributed by atoms with E-state index >= 15 is 0 Å². The number of nitrogens with zero attached hydrogens (tertiary/aromatic N) is 2. The highest BCUT2D eigenvalue weighted by Gasteiger charge is 2.02. The molecule has 0 aliphatic carbocycles. The Morgan fingerprint density at radius 1 is 1.75 bits per heavy atom. The molecule has 0 aromatic carbocycles. The molecule has 0 saturated heterocycles. The standard InChI is InChI=1S/C8H15N2OP/c1-4-7(2)11-8-5-6-10(9-8)12-3/h5-7,12H,4H2,1-3H3/t7-/m0/s1. The van der Waals surface area contributed by atoms with E-state index < -0.39 is 0 Å². The second-order valence-corrected chi connectivity index (χ2v) is 3.56. The third kappa shape index (κ3) is 2.49. The molecule has 3 nitrogen and oxygen atoms in total. The van der Waals surface area contributed by atoms with Crippen molar-refractivity contribution in [1.29, 1.82) is 0 Å². The maximum absolute atomic E-state index is 5.52. The maximum Gasteiger partial charge on any atom is 0.233 e. The Morgan fingerprint density at radius 3 is 3.00 bits per heavy atom. The first-order valence-corrected chi connectivity index (χ1v) is 5.61. The molecule has 0 aliphatic rings. The highest BCUT2D eigenvalue weighted by atomic mass is 31.1. The lowest BCUT2D eigenvalue weighted by atomic mass is 10.3. The zero-order chi connectivity index (χ0) is 8.97. The minimum atomic E-state index is 0.258. The van der Waals surface area contributed by atoms with Crippen LogP contribution in [0.15, 0.2) is 12.3 Å². The van der Waals surface area contributed by atoms with Crippen molar-refractivity contribution < 1.29 is 4.74 Å². The van der Waals surface area contributed by atoms with Gasteiger partial charge in [-0.3, -0.25) is 4.45 Å². The first-order valence-electron chi connectivity index (χ1n) is 4.16. The lowest BCUT2D eigenvalue weighted by Crippen LogP contribution is -2.09. The van der Waals surface area contributed by atoms with Crippen LogP contribution < -0.4 is 4.74 Å². The van der Waals surface area contributed by atoms with Crippen molar-refractivity contribution in [2.24, 2.45) is 0 Å². The van der Waals surface area contributed by atoms with Gasteiger partial charge in [0.1, 0.15) is 0 Å². The van der Waals surface area contributed by atoms with E-state index in [4.69, 9.17) is 4.74 Å². The van der Waals surface area contributed by atoms with Gasteiger partial charge in [-0.1, -0.05) is 6.92 Å². The van der Waals surface area contributed by atoms with Gasteiger partial charge in [-0.15, -0.1) is 5.10 Å². The Bertz CT molecular complexity index is 237. The SMILES string of the molecule is CC[C@H](C)Oc1ccn(PC)n1. The van der Waals surface area contributed by atoms with Gasteiger partial charge in [0.2, 0.25) is 5.88 Å². The first kappa shape index (κ1) is 9.53. The summed E-state index contributed by atoms with van der Waals surface area (Å²) in [5, 5.41) is 4.22. The molecule has 4 heteroatoms. The third-order valence-corrected chi connectivity index (χ3v) is 2.40. The molecule has 1 rings (SSSR count). The number of hydrogen-bond acceptors (Lipinski definition) is 2. The minimum absolute atomic E-state index is 0.258. The largest absolute Gasteiger partial charge is 0.474 e. The second-order valence-electron chi connectivity index (χ2n) is 2.66. The van der Waals surface area contributed by atoms with Gasteiger partial charge < -0.3 is 4.74 Å². The molecule has 1 heterocycles. The van der Waals surface area contributed by atoms with Crippen LogP contribution in [0.5, 0.6) is 5.88 Å². The van der Waals surface area contributed by atoms with Crippen molar-refractivity contribution >= 4 is 8.73 Å². The van der Waals surface area contributed by atoms with Crippen molar-refractivity contribution in [3.63, 3.8) is 0 Å². The Balaban J connectivity index is 2.52. The second kappa shape index (κ2) is 4.46. The van der Waals surface area contributed by atoms with Crippen LogP contribution in [0.1, 0.15) is 20.3 Å². The van der Waals surface area contributed by atoms with Crippen LogP contribution in [0.25, 0.3) is 0 Å². The summed E-state index contributed by atoms with van der Waals surface area (Å²) in [6, 6.07) is 1.91. The van der Waals surface area contributed by atoms with Gasteiger partial charge in [0.15, 0.2) is 0 Å². The van der Waals surface area contributed by atoms with E-state index in [0.717, 1.165) is 12.3 Å². The Hall–Kier alpha value is -0.560. The predicted molar refractivity (Wildman–Crippen MR) is 52.2 cm³/mol. The van der Waals surface area contributed by atoms with Gasteiger partial charge in [-0.2, -0.15) is 0 Å². The van der Waals surface area contributed by atoms with Crippen LogP contribution in [0.2, 0.25) is 0 Å². The summed E-state index contributed by atoms with van der Waals surface area (Å²) in [6.07, 6.45) is 3.21. The third-order valence-electron chi connectivity index (χ3n) is 1.69. The topological polar surface area (TPSA) is 27.1 Å². The van der Waals surface area contributed by atoms with Gasteiger partial charge in [-0.25, -0.2) is 0 Å². The Kier molecular flexibility index (Phi) is 3.54. The van der Waals surface area contributed by atoms with Crippen LogP contribution in [0.4, 0.5) is 0 Å². The molecule has 0 amide bonds. The summed E-state index contributed by atoms with van der Waals surface area (Å²) in [5.41, 5.74) is 0. The highest BCUT2D eigenvalue weighted by Crippen LogP contribution is 2.14. The average Bonchev–Trinajstić information content (AvgIpc) is 2.52. The molecule has 0 saturated carbocycles. The summed E-state index contributed by atoms with van der Waals surface area (Å²) >= 11 is 0. The van der Waals surface area contributed by atoms with Crippen LogP contribution in [0.3, 0.4) is 0 Å². The quantitative estimate of drug-likeness (QED) is 0.673. The molecule has 1 unspecified atom stereocenters. The molecule has 0 radical (unpaired) electrons. The van der Waals surface area contributed by atoms with E-state index in [1.165, 1.54) is 0 Å². The van der Waals surface area contributed by atoms with Crippen LogP contribution >= 0.6 is 8.73 Å². The van der Waals surface area contributed by atoms with Crippen LogP contribution in [-0.4, -0.2) is 22.3 Å². The van der Waals surface area contributed by atoms with E-state index in [1.807, 2.05) is 23.6 Å². The molecular formula is C8H15N2OP. The molecule has 0 fully saturated rings. The summed E-state index contributed by atoms with van der Waals surface area (Å²) < 4.78 is 7.41. The molecule has 2 atom stereocenters. The molecular weight excluding hydrogens is 171 g/mol. The number of aromatic nitrogens is 2. The van der Waals surface area contributed by atoms with Gasteiger partial charge >= 0.3 is 0 Å². The zero-order valence-corrected chi connectivity index (χ0v) is 8.74. The fraction of sp³-hybridized carbons (Fsp3) is 0.625. The molecule has 68 valence electrons. The molecule has 12 heavy (non-hydrogen) atoms. The fourth-order valence-corrected chi connectivity index (χ4v) is 1.21. The van der Waals surface area contributed by atoms with Crippen molar-refractivity contribution in [3.8, 4) is 5.88 Å². The fourth-order valence-electron chi connectivity index (χ4n) is 0.784. The number of ether oxygens (including phenoxy) is 1. The number of hydrogen-bond donors (Lipinski definition) is 0. The molecule has 0 bridgehead atoms. The first-order chi connectivity index (χ1) is 5.76. The summed E-state index contributed by atoms with van der Waals surface area (Å²) in [5.74, 6) is 0.735. The van der Waals surface area contributed by atoms with Crippen LogP contribution in [-0.2, 0) is 0 Å². The van der Waals surface area contributed by atoms with Crippen LogP contribution in [0, 0.1) is 0 Å². The summed E-state index contributed by atoms with van der Waals surface area (Å²) in [4.78, 5) is 0. The molecule has 1 aromatic heterocycles. The summed E-state index contributed by atoms with van der Waals surface area (Å²) in [7, 11) is 0.674. The zero-order valence-electron chi connectivity index (χ0n) is 7.74. The molecule has 0 spiro atoms. The van der Waals surface area contributed by atoms with E-state index in [2.05, 4.69) is 18.7 Å². The lowest BCUT2D eigenvalue weighted by Gasteiger charge is -2.08. The number of rotatable bonds is 4. The average molecular weight is 186 g/mol. The smallest absolute Gasteiger partial charge is 0.233 e. The van der Waals surface area contributed by atoms with Crippen molar-refractivity contribution in [2.45, 2.75) is 26.4 Å². The monoisotopic (exact) mass is 186 g/mol. The van der Waals surface area contributed by atoms with Crippen molar-refractivity contribution in [1.82, 2.24) is 9.55 Å². The van der Waals surface area contributed by atoms with Gasteiger partial charge in [0, 0.05) is 12.3 Å². The highest BCUT2D eigenvalue weighted by molar-refractivity contribution is 7.35. The summed E-state index contributed by atoms with van der Waals surface area (Å²) in [6.45, 7) is 6.23. The van der Waals surface area contributed by atoms with Gasteiger partial charge in [0.25, 0.3) is 0 Å². The van der Waals surface area contributed by atoms with Crippen molar-refractivity contribution in [3.05, 3.63) is 12.3 Å². The van der Waals surface area contributed by atoms with E-state index in [9.17, 15) is 0 Å². The Labute approximate surface area is 74.9 Å². The lowest BCUT2D eigenvalue weighted by molar-refractivity contribution is 0.208. The Morgan fingerprint density at radius 2 is 2.50 bits per heavy atom. The molecule has 0 N–H and O–H groups in total. The van der Waals surface area contributed by atoms with E-state index in [1.54, 1.807) is 0 Å². The molecule has 0 aliphatic heterocycles. The van der Waals surface area contributed by atoms with E-state index in [-0.39, 0.29) is 6.10 Å². The van der Waals surface area contributed by atoms with Gasteiger partial charge in [0.05, 0.1) is 6.10 Å². The minimum Gasteiger partial charge on any atom is -0.474 e. The normalized spacial score (nSPS) is 13.9. The predicted octanol–water partition coefficient (Wildman–Crippen LogP) is 2.13. The van der Waals surface area contributed by atoms with Gasteiger partial charge in [-0.05, 0) is 28.7 Å². The van der Waals surface area contributed by atoms with Crippen molar-refractivity contribution in [2.75, 3.05) is 6.66 Å². The maximum atomic E-state index is 5.52.